The molecule has 0 aromatic heterocycles. The van der Waals surface area contributed by atoms with Crippen molar-refractivity contribution in [3.05, 3.63) is 0 Å². The second-order valence-corrected chi connectivity index (χ2v) is 7.16. The lowest BCUT2D eigenvalue weighted by Gasteiger charge is -2.25. The molecule has 112 valence electrons. The molecule has 0 saturated heterocycles. The van der Waals surface area contributed by atoms with Crippen molar-refractivity contribution < 1.29 is 9.53 Å². The van der Waals surface area contributed by atoms with Gasteiger partial charge in [-0.3, -0.25) is 4.79 Å². The summed E-state index contributed by atoms with van der Waals surface area (Å²) in [6.45, 7) is 8.99. The fourth-order valence-corrected chi connectivity index (χ4v) is 2.96. The maximum Gasteiger partial charge on any atom is 0.322 e. The van der Waals surface area contributed by atoms with Gasteiger partial charge in [-0.25, -0.2) is 0 Å². The molecule has 1 N–H and O–H groups in total. The summed E-state index contributed by atoms with van der Waals surface area (Å²) in [5.74, 6) is 0.385. The van der Waals surface area contributed by atoms with Gasteiger partial charge in [0.05, 0.1) is 7.11 Å². The smallest absolute Gasteiger partial charge is 0.322 e. The molecular weight excluding hydrogens is 238 g/mol. The highest BCUT2D eigenvalue weighted by Crippen LogP contribution is 2.34. The summed E-state index contributed by atoms with van der Waals surface area (Å²) in [5, 5.41) is 3.54. The fraction of sp³-hybridized carbons (Fsp3) is 0.938. The molecule has 1 fully saturated rings. The van der Waals surface area contributed by atoms with Gasteiger partial charge >= 0.3 is 5.97 Å². The van der Waals surface area contributed by atoms with Gasteiger partial charge in [0.15, 0.2) is 0 Å². The Balaban J connectivity index is 2.55. The van der Waals surface area contributed by atoms with E-state index in [9.17, 15) is 4.79 Å². The molecule has 0 spiro atoms. The normalized spacial score (nSPS) is 24.8. The lowest BCUT2D eigenvalue weighted by Crippen LogP contribution is -2.44. The average Bonchev–Trinajstić information content (AvgIpc) is 2.48. The molecule has 19 heavy (non-hydrogen) atoms. The van der Waals surface area contributed by atoms with Crippen LogP contribution in [0.1, 0.15) is 66.2 Å². The summed E-state index contributed by atoms with van der Waals surface area (Å²) < 4.78 is 4.93. The van der Waals surface area contributed by atoms with Crippen LogP contribution in [-0.2, 0) is 9.53 Å². The second-order valence-electron chi connectivity index (χ2n) is 7.16. The fourth-order valence-electron chi connectivity index (χ4n) is 2.96. The van der Waals surface area contributed by atoms with Crippen molar-refractivity contribution in [2.24, 2.45) is 11.3 Å². The molecule has 0 aliphatic heterocycles. The standard InChI is InChI=1S/C16H31NO2/c1-12(2)11-14(15(18)19-5)17-13-7-6-9-16(3,4)10-8-13/h12-14,17H,6-11H2,1-5H3. The Hall–Kier alpha value is -0.570. The van der Waals surface area contributed by atoms with E-state index >= 15 is 0 Å². The number of rotatable bonds is 5. The predicted molar refractivity (Wildman–Crippen MR) is 79.0 cm³/mol. The van der Waals surface area contributed by atoms with E-state index in [0.717, 1.165) is 6.42 Å². The first kappa shape index (κ1) is 16.5. The minimum Gasteiger partial charge on any atom is -0.468 e. The predicted octanol–water partition coefficient (Wildman–Crippen LogP) is 3.52. The molecular formula is C16H31NO2. The van der Waals surface area contributed by atoms with Crippen LogP contribution in [0.2, 0.25) is 0 Å². The third kappa shape index (κ3) is 5.94. The number of nitrogens with one attached hydrogen (secondary N) is 1. The summed E-state index contributed by atoms with van der Waals surface area (Å²) in [7, 11) is 1.48. The maximum absolute atomic E-state index is 11.8. The van der Waals surface area contributed by atoms with Crippen molar-refractivity contribution >= 4 is 5.97 Å². The maximum atomic E-state index is 11.8. The quantitative estimate of drug-likeness (QED) is 0.613. The highest BCUT2D eigenvalue weighted by molar-refractivity contribution is 5.75. The number of ether oxygens (including phenoxy) is 1. The van der Waals surface area contributed by atoms with Crippen LogP contribution < -0.4 is 5.32 Å². The number of methoxy groups -OCH3 is 1. The number of carbonyl (C=O) groups excluding carboxylic acids is 1. The van der Waals surface area contributed by atoms with Crippen LogP contribution in [0.25, 0.3) is 0 Å². The molecule has 1 rings (SSSR count). The molecule has 0 bridgehead atoms. The van der Waals surface area contributed by atoms with Gasteiger partial charge in [0.1, 0.15) is 6.04 Å². The van der Waals surface area contributed by atoms with E-state index in [1.54, 1.807) is 0 Å². The topological polar surface area (TPSA) is 38.3 Å². The SMILES string of the molecule is COC(=O)C(CC(C)C)NC1CCCC(C)(C)CC1. The lowest BCUT2D eigenvalue weighted by atomic mass is 9.85. The zero-order chi connectivity index (χ0) is 14.5. The van der Waals surface area contributed by atoms with Gasteiger partial charge in [0.2, 0.25) is 0 Å². The molecule has 3 nitrogen and oxygen atoms in total. The van der Waals surface area contributed by atoms with E-state index in [4.69, 9.17) is 4.74 Å². The largest absolute Gasteiger partial charge is 0.468 e. The van der Waals surface area contributed by atoms with Gasteiger partial charge in [-0.15, -0.1) is 0 Å². The summed E-state index contributed by atoms with van der Waals surface area (Å²) in [6, 6.07) is 0.320. The van der Waals surface area contributed by atoms with Gasteiger partial charge in [0, 0.05) is 6.04 Å². The Morgan fingerprint density at radius 3 is 2.58 bits per heavy atom. The Bertz CT molecular complexity index is 286. The van der Waals surface area contributed by atoms with Crippen molar-refractivity contribution in [2.75, 3.05) is 7.11 Å². The van der Waals surface area contributed by atoms with Crippen LogP contribution in [0.4, 0.5) is 0 Å². The third-order valence-corrected chi connectivity index (χ3v) is 4.21. The zero-order valence-electron chi connectivity index (χ0n) is 13.3. The minimum absolute atomic E-state index is 0.114. The van der Waals surface area contributed by atoms with Crippen molar-refractivity contribution in [3.63, 3.8) is 0 Å². The number of esters is 1. The van der Waals surface area contributed by atoms with Crippen LogP contribution in [0.15, 0.2) is 0 Å². The Morgan fingerprint density at radius 1 is 1.32 bits per heavy atom. The summed E-state index contributed by atoms with van der Waals surface area (Å²) in [5.41, 5.74) is 0.454. The van der Waals surface area contributed by atoms with Crippen LogP contribution in [0.3, 0.4) is 0 Å². The van der Waals surface area contributed by atoms with Crippen LogP contribution >= 0.6 is 0 Å². The van der Waals surface area contributed by atoms with E-state index in [1.807, 2.05) is 0 Å². The van der Waals surface area contributed by atoms with Gasteiger partial charge in [-0.05, 0) is 43.4 Å². The van der Waals surface area contributed by atoms with Gasteiger partial charge in [-0.1, -0.05) is 34.1 Å². The Morgan fingerprint density at radius 2 is 2.00 bits per heavy atom. The second kappa shape index (κ2) is 7.28. The average molecular weight is 269 g/mol. The van der Waals surface area contributed by atoms with Gasteiger partial charge in [-0.2, -0.15) is 0 Å². The van der Waals surface area contributed by atoms with Crippen molar-refractivity contribution in [3.8, 4) is 0 Å². The minimum atomic E-state index is -0.142. The van der Waals surface area contributed by atoms with Gasteiger partial charge < -0.3 is 10.1 Å². The highest BCUT2D eigenvalue weighted by Gasteiger charge is 2.28. The van der Waals surface area contributed by atoms with E-state index in [0.29, 0.717) is 17.4 Å². The Labute approximate surface area is 118 Å². The number of hydrogen-bond donors (Lipinski definition) is 1. The number of carbonyl (C=O) groups is 1. The first-order valence-corrected chi connectivity index (χ1v) is 7.68. The molecule has 1 aliphatic rings. The Kier molecular flexibility index (Phi) is 6.31. The van der Waals surface area contributed by atoms with E-state index in [2.05, 4.69) is 33.0 Å². The van der Waals surface area contributed by atoms with Crippen LogP contribution in [-0.4, -0.2) is 25.2 Å². The third-order valence-electron chi connectivity index (χ3n) is 4.21. The van der Waals surface area contributed by atoms with E-state index in [-0.39, 0.29) is 12.0 Å². The lowest BCUT2D eigenvalue weighted by molar-refractivity contribution is -0.143. The molecule has 0 aromatic carbocycles. The summed E-state index contributed by atoms with van der Waals surface area (Å²) in [6.07, 6.45) is 6.97. The first-order valence-electron chi connectivity index (χ1n) is 7.68. The monoisotopic (exact) mass is 269 g/mol. The van der Waals surface area contributed by atoms with E-state index < -0.39 is 0 Å². The highest BCUT2D eigenvalue weighted by atomic mass is 16.5. The molecule has 0 radical (unpaired) electrons. The molecule has 2 unspecified atom stereocenters. The molecule has 0 heterocycles. The molecule has 2 atom stereocenters. The van der Waals surface area contributed by atoms with Gasteiger partial charge in [0.25, 0.3) is 0 Å². The summed E-state index contributed by atoms with van der Waals surface area (Å²) in [4.78, 5) is 11.8. The van der Waals surface area contributed by atoms with Crippen molar-refractivity contribution in [2.45, 2.75) is 78.3 Å². The van der Waals surface area contributed by atoms with Crippen LogP contribution in [0.5, 0.6) is 0 Å². The molecule has 0 amide bonds. The van der Waals surface area contributed by atoms with Crippen molar-refractivity contribution in [1.29, 1.82) is 0 Å². The first-order chi connectivity index (χ1) is 8.84. The number of hydrogen-bond acceptors (Lipinski definition) is 3. The molecule has 1 aliphatic carbocycles. The zero-order valence-corrected chi connectivity index (χ0v) is 13.3. The van der Waals surface area contributed by atoms with Crippen molar-refractivity contribution in [1.82, 2.24) is 5.32 Å². The molecule has 3 heteroatoms. The van der Waals surface area contributed by atoms with E-state index in [1.165, 1.54) is 39.2 Å². The van der Waals surface area contributed by atoms with Crippen LogP contribution in [0, 0.1) is 11.3 Å². The molecule has 1 saturated carbocycles. The summed E-state index contributed by atoms with van der Waals surface area (Å²) >= 11 is 0. The molecule has 0 aromatic rings.